The van der Waals surface area contributed by atoms with Crippen LogP contribution in [0, 0.1) is 0 Å². The van der Waals surface area contributed by atoms with Gasteiger partial charge in [-0.25, -0.2) is 0 Å². The van der Waals surface area contributed by atoms with Crippen LogP contribution in [0.1, 0.15) is 16.1 Å². The van der Waals surface area contributed by atoms with Crippen molar-refractivity contribution in [2.45, 2.75) is 6.54 Å². The van der Waals surface area contributed by atoms with Gasteiger partial charge < -0.3 is 9.73 Å². The Kier molecular flexibility index (Phi) is 4.08. The van der Waals surface area contributed by atoms with E-state index < -0.39 is 0 Å². The first-order chi connectivity index (χ1) is 10.2. The van der Waals surface area contributed by atoms with Crippen LogP contribution in [0.2, 0.25) is 5.02 Å². The fourth-order valence-electron chi connectivity index (χ4n) is 1.92. The zero-order valence-corrected chi connectivity index (χ0v) is 12.6. The van der Waals surface area contributed by atoms with Crippen molar-refractivity contribution in [2.24, 2.45) is 0 Å². The third-order valence-electron chi connectivity index (χ3n) is 2.94. The first-order valence-electron chi connectivity index (χ1n) is 6.39. The molecule has 0 aliphatic carbocycles. The quantitative estimate of drug-likeness (QED) is 0.764. The Morgan fingerprint density at radius 1 is 1.19 bits per heavy atom. The molecule has 0 spiro atoms. The summed E-state index contributed by atoms with van der Waals surface area (Å²) in [4.78, 5) is 13.1. The summed E-state index contributed by atoms with van der Waals surface area (Å²) in [6, 6.07) is 14.6. The van der Waals surface area contributed by atoms with Gasteiger partial charge in [-0.05, 0) is 41.8 Å². The molecule has 0 radical (unpaired) electrons. The molecule has 0 aliphatic heterocycles. The first kappa shape index (κ1) is 13.9. The highest BCUT2D eigenvalue weighted by molar-refractivity contribution is 7.13. The summed E-state index contributed by atoms with van der Waals surface area (Å²) in [6.07, 6.45) is 0. The maximum absolute atomic E-state index is 12.0. The van der Waals surface area contributed by atoms with Crippen molar-refractivity contribution in [1.29, 1.82) is 0 Å². The third kappa shape index (κ3) is 3.35. The van der Waals surface area contributed by atoms with Gasteiger partial charge in [0.05, 0.1) is 11.4 Å². The number of amides is 1. The number of thiophene rings is 1. The van der Waals surface area contributed by atoms with Crippen LogP contribution in [-0.4, -0.2) is 5.91 Å². The lowest BCUT2D eigenvalue weighted by Gasteiger charge is -2.03. The van der Waals surface area contributed by atoms with E-state index in [0.29, 0.717) is 22.9 Å². The van der Waals surface area contributed by atoms with Gasteiger partial charge in [-0.1, -0.05) is 23.7 Å². The van der Waals surface area contributed by atoms with Gasteiger partial charge in [-0.15, -0.1) is 11.3 Å². The highest BCUT2D eigenvalue weighted by Crippen LogP contribution is 2.26. The zero-order chi connectivity index (χ0) is 14.7. The second-order valence-electron chi connectivity index (χ2n) is 4.44. The Balaban J connectivity index is 1.64. The van der Waals surface area contributed by atoms with Crippen molar-refractivity contribution in [3.8, 4) is 10.6 Å². The van der Waals surface area contributed by atoms with Crippen molar-refractivity contribution in [1.82, 2.24) is 5.32 Å². The number of hydrogen-bond donors (Lipinski definition) is 1. The molecule has 3 rings (SSSR count). The van der Waals surface area contributed by atoms with Crippen LogP contribution in [0.5, 0.6) is 0 Å². The minimum Gasteiger partial charge on any atom is -0.458 e. The molecule has 5 heteroatoms. The molecule has 106 valence electrons. The maximum atomic E-state index is 12.0. The van der Waals surface area contributed by atoms with Gasteiger partial charge in [-0.3, -0.25) is 4.79 Å². The lowest BCUT2D eigenvalue weighted by Crippen LogP contribution is -2.22. The largest absolute Gasteiger partial charge is 0.458 e. The number of carbonyl (C=O) groups excluding carboxylic acids is 1. The molecule has 0 fully saturated rings. The molecular formula is C16H12ClNO2S. The third-order valence-corrected chi connectivity index (χ3v) is 4.06. The van der Waals surface area contributed by atoms with E-state index in [-0.39, 0.29) is 5.91 Å². The molecule has 0 saturated heterocycles. The van der Waals surface area contributed by atoms with E-state index in [1.54, 1.807) is 35.6 Å². The van der Waals surface area contributed by atoms with Crippen molar-refractivity contribution >= 4 is 28.8 Å². The van der Waals surface area contributed by atoms with Crippen LogP contribution in [0.15, 0.2) is 58.3 Å². The summed E-state index contributed by atoms with van der Waals surface area (Å²) in [5, 5.41) is 5.35. The molecular weight excluding hydrogens is 306 g/mol. The summed E-state index contributed by atoms with van der Waals surface area (Å²) in [7, 11) is 0. The molecule has 0 bridgehead atoms. The van der Waals surface area contributed by atoms with Crippen LogP contribution in [0.3, 0.4) is 0 Å². The highest BCUT2D eigenvalue weighted by Gasteiger charge is 2.09. The Morgan fingerprint density at radius 3 is 2.86 bits per heavy atom. The highest BCUT2D eigenvalue weighted by atomic mass is 35.5. The number of halogens is 1. The molecule has 0 aliphatic rings. The summed E-state index contributed by atoms with van der Waals surface area (Å²) in [5.74, 6) is 1.36. The van der Waals surface area contributed by atoms with E-state index in [2.05, 4.69) is 5.32 Å². The van der Waals surface area contributed by atoms with Gasteiger partial charge in [0.15, 0.2) is 0 Å². The predicted molar refractivity (Wildman–Crippen MR) is 84.6 cm³/mol. The Bertz CT molecular complexity index is 749. The number of nitrogens with one attached hydrogen (secondary N) is 1. The van der Waals surface area contributed by atoms with Gasteiger partial charge in [0, 0.05) is 10.6 Å². The van der Waals surface area contributed by atoms with Crippen molar-refractivity contribution in [2.75, 3.05) is 0 Å². The molecule has 3 aromatic rings. The van der Waals surface area contributed by atoms with Crippen molar-refractivity contribution in [3.63, 3.8) is 0 Å². The predicted octanol–water partition coefficient (Wildman–Crippen LogP) is 4.59. The van der Waals surface area contributed by atoms with Gasteiger partial charge in [0.1, 0.15) is 11.5 Å². The average molecular weight is 318 g/mol. The molecule has 0 unspecified atom stereocenters. The maximum Gasteiger partial charge on any atom is 0.251 e. The van der Waals surface area contributed by atoms with E-state index in [0.717, 1.165) is 10.6 Å². The lowest BCUT2D eigenvalue weighted by atomic mass is 10.2. The van der Waals surface area contributed by atoms with E-state index in [1.165, 1.54) is 0 Å². The van der Waals surface area contributed by atoms with E-state index in [9.17, 15) is 4.79 Å². The van der Waals surface area contributed by atoms with Crippen molar-refractivity contribution < 1.29 is 9.21 Å². The number of furan rings is 1. The lowest BCUT2D eigenvalue weighted by molar-refractivity contribution is 0.0948. The molecule has 0 saturated carbocycles. The Morgan fingerprint density at radius 2 is 2.10 bits per heavy atom. The number of rotatable bonds is 4. The van der Waals surface area contributed by atoms with E-state index in [1.807, 2.05) is 29.6 Å². The SMILES string of the molecule is O=C(NCc1ccc(-c2cccs2)o1)c1cccc(Cl)c1. The summed E-state index contributed by atoms with van der Waals surface area (Å²) in [5.41, 5.74) is 0.535. The second-order valence-corrected chi connectivity index (χ2v) is 5.82. The Hall–Kier alpha value is -2.04. The topological polar surface area (TPSA) is 42.2 Å². The Labute approximate surface area is 131 Å². The minimum absolute atomic E-state index is 0.174. The summed E-state index contributed by atoms with van der Waals surface area (Å²) < 4.78 is 5.71. The zero-order valence-electron chi connectivity index (χ0n) is 11.0. The number of carbonyl (C=O) groups is 1. The standard InChI is InChI=1S/C16H12ClNO2S/c17-12-4-1-3-11(9-12)16(19)18-10-13-6-7-14(20-13)15-5-2-8-21-15/h1-9H,10H2,(H,18,19). The molecule has 1 amide bonds. The molecule has 21 heavy (non-hydrogen) atoms. The van der Waals surface area contributed by atoms with Crippen LogP contribution >= 0.6 is 22.9 Å². The van der Waals surface area contributed by atoms with Gasteiger partial charge in [0.25, 0.3) is 5.91 Å². The summed E-state index contributed by atoms with van der Waals surface area (Å²) in [6.45, 7) is 0.344. The summed E-state index contributed by atoms with van der Waals surface area (Å²) >= 11 is 7.49. The normalized spacial score (nSPS) is 10.5. The van der Waals surface area contributed by atoms with Crippen molar-refractivity contribution in [3.05, 3.63) is 70.3 Å². The van der Waals surface area contributed by atoms with E-state index >= 15 is 0 Å². The average Bonchev–Trinajstić information content (AvgIpc) is 3.15. The van der Waals surface area contributed by atoms with Crippen LogP contribution in [0.25, 0.3) is 10.6 Å². The molecule has 2 aromatic heterocycles. The van der Waals surface area contributed by atoms with Gasteiger partial charge >= 0.3 is 0 Å². The monoisotopic (exact) mass is 317 g/mol. The second kappa shape index (κ2) is 6.16. The van der Waals surface area contributed by atoms with Crippen LogP contribution in [-0.2, 0) is 6.54 Å². The molecule has 1 N–H and O–H groups in total. The van der Waals surface area contributed by atoms with Crippen LogP contribution < -0.4 is 5.32 Å². The molecule has 1 aromatic carbocycles. The van der Waals surface area contributed by atoms with E-state index in [4.69, 9.17) is 16.0 Å². The minimum atomic E-state index is -0.174. The number of benzene rings is 1. The first-order valence-corrected chi connectivity index (χ1v) is 7.64. The van der Waals surface area contributed by atoms with Gasteiger partial charge in [0.2, 0.25) is 0 Å². The van der Waals surface area contributed by atoms with Gasteiger partial charge in [-0.2, -0.15) is 0 Å². The van der Waals surface area contributed by atoms with Crippen LogP contribution in [0.4, 0.5) is 0 Å². The molecule has 3 nitrogen and oxygen atoms in total. The number of hydrogen-bond acceptors (Lipinski definition) is 3. The fraction of sp³-hybridized carbons (Fsp3) is 0.0625. The molecule has 0 atom stereocenters. The fourth-order valence-corrected chi connectivity index (χ4v) is 2.80. The molecule has 2 heterocycles. The smallest absolute Gasteiger partial charge is 0.251 e.